The molecule has 0 spiro atoms. The molecule has 0 aliphatic rings. The molecule has 0 saturated carbocycles. The molecule has 0 amide bonds. The van der Waals surface area contributed by atoms with Crippen molar-refractivity contribution in [2.75, 3.05) is 6.61 Å². The Bertz CT molecular complexity index is 576. The highest BCUT2D eigenvalue weighted by molar-refractivity contribution is 5.87. The fourth-order valence-electron chi connectivity index (χ4n) is 1.74. The number of rotatable bonds is 4. The minimum atomic E-state index is -0.427. The summed E-state index contributed by atoms with van der Waals surface area (Å²) >= 11 is 0. The van der Waals surface area contributed by atoms with Crippen molar-refractivity contribution in [2.45, 2.75) is 20.4 Å². The van der Waals surface area contributed by atoms with Gasteiger partial charge in [0.25, 0.3) is 0 Å². The lowest BCUT2D eigenvalue weighted by Gasteiger charge is -2.04. The zero-order valence-electron chi connectivity index (χ0n) is 10.9. The Kier molecular flexibility index (Phi) is 3.94. The summed E-state index contributed by atoms with van der Waals surface area (Å²) in [5.41, 5.74) is 2.07. The first-order valence-electron chi connectivity index (χ1n) is 6.06. The van der Waals surface area contributed by atoms with Crippen molar-refractivity contribution >= 4 is 5.97 Å². The molecule has 1 aromatic carbocycles. The van der Waals surface area contributed by atoms with Gasteiger partial charge in [0, 0.05) is 5.69 Å². The molecule has 5 heteroatoms. The molecule has 0 radical (unpaired) electrons. The fraction of sp³-hybridized carbons (Fsp3) is 0.286. The summed E-state index contributed by atoms with van der Waals surface area (Å²) in [6, 6.07) is 7.88. The van der Waals surface area contributed by atoms with Crippen molar-refractivity contribution in [3.63, 3.8) is 0 Å². The molecular weight excluding hydrogens is 247 g/mol. The molecule has 0 atom stereocenters. The molecule has 0 aliphatic heterocycles. The highest BCUT2D eigenvalue weighted by Gasteiger charge is 2.13. The molecule has 0 N–H and O–H groups in total. The van der Waals surface area contributed by atoms with Crippen LogP contribution in [0.2, 0.25) is 0 Å². The molecule has 0 fully saturated rings. The second-order valence-corrected chi connectivity index (χ2v) is 4.18. The Hall–Kier alpha value is -2.17. The standard InChI is InChI=1S/C14H15FN2O2/c1-3-19-14(18)13-8-10(2)17(16-13)9-11-4-6-12(15)7-5-11/h4-8H,3,9H2,1-2H3. The van der Waals surface area contributed by atoms with E-state index >= 15 is 0 Å². The maximum absolute atomic E-state index is 12.8. The van der Waals surface area contributed by atoms with Crippen LogP contribution in [0.25, 0.3) is 0 Å². The summed E-state index contributed by atoms with van der Waals surface area (Å²) in [7, 11) is 0. The fourth-order valence-corrected chi connectivity index (χ4v) is 1.74. The SMILES string of the molecule is CCOC(=O)c1cc(C)n(Cc2ccc(F)cc2)n1. The van der Waals surface area contributed by atoms with E-state index < -0.39 is 5.97 Å². The van der Waals surface area contributed by atoms with Gasteiger partial charge in [-0.1, -0.05) is 12.1 Å². The zero-order chi connectivity index (χ0) is 13.8. The molecule has 0 unspecified atom stereocenters. The van der Waals surface area contributed by atoms with Gasteiger partial charge in [0.2, 0.25) is 0 Å². The number of benzene rings is 1. The zero-order valence-corrected chi connectivity index (χ0v) is 10.9. The summed E-state index contributed by atoms with van der Waals surface area (Å²) in [5, 5.41) is 4.19. The van der Waals surface area contributed by atoms with Crippen LogP contribution in [0, 0.1) is 12.7 Å². The predicted octanol–water partition coefficient (Wildman–Crippen LogP) is 2.56. The van der Waals surface area contributed by atoms with Crippen molar-refractivity contribution in [3.05, 3.63) is 53.1 Å². The molecule has 2 aromatic rings. The second-order valence-electron chi connectivity index (χ2n) is 4.18. The number of carbonyl (C=O) groups excluding carboxylic acids is 1. The van der Waals surface area contributed by atoms with E-state index in [0.29, 0.717) is 18.8 Å². The van der Waals surface area contributed by atoms with Crippen molar-refractivity contribution in [3.8, 4) is 0 Å². The summed E-state index contributed by atoms with van der Waals surface area (Å²) in [5.74, 6) is -0.698. The minimum Gasteiger partial charge on any atom is -0.461 e. The number of aryl methyl sites for hydroxylation is 1. The van der Waals surface area contributed by atoms with Gasteiger partial charge in [-0.15, -0.1) is 0 Å². The van der Waals surface area contributed by atoms with Gasteiger partial charge in [0.05, 0.1) is 13.2 Å². The maximum Gasteiger partial charge on any atom is 0.358 e. The number of hydrogen-bond donors (Lipinski definition) is 0. The lowest BCUT2D eigenvalue weighted by atomic mass is 10.2. The van der Waals surface area contributed by atoms with Crippen molar-refractivity contribution in [1.29, 1.82) is 0 Å². The molecule has 19 heavy (non-hydrogen) atoms. The summed E-state index contributed by atoms with van der Waals surface area (Å²) in [4.78, 5) is 11.6. The molecule has 100 valence electrons. The Morgan fingerprint density at radius 1 is 1.37 bits per heavy atom. The summed E-state index contributed by atoms with van der Waals surface area (Å²) in [6.45, 7) is 4.42. The van der Waals surface area contributed by atoms with E-state index in [2.05, 4.69) is 5.10 Å². The first kappa shape index (κ1) is 13.3. The van der Waals surface area contributed by atoms with Crippen LogP contribution in [0.1, 0.15) is 28.7 Å². The number of nitrogens with zero attached hydrogens (tertiary/aromatic N) is 2. The van der Waals surface area contributed by atoms with Crippen LogP contribution in [0.4, 0.5) is 4.39 Å². The first-order chi connectivity index (χ1) is 9.10. The third-order valence-electron chi connectivity index (χ3n) is 2.71. The van der Waals surface area contributed by atoms with E-state index in [0.717, 1.165) is 11.3 Å². The smallest absolute Gasteiger partial charge is 0.358 e. The molecule has 0 saturated heterocycles. The second kappa shape index (κ2) is 5.65. The number of esters is 1. The highest BCUT2D eigenvalue weighted by atomic mass is 19.1. The summed E-state index contributed by atoms with van der Waals surface area (Å²) in [6.07, 6.45) is 0. The van der Waals surface area contributed by atoms with E-state index in [1.807, 2.05) is 6.92 Å². The average molecular weight is 262 g/mol. The van der Waals surface area contributed by atoms with E-state index in [-0.39, 0.29) is 5.82 Å². The number of aromatic nitrogens is 2. The van der Waals surface area contributed by atoms with Gasteiger partial charge in [-0.2, -0.15) is 5.10 Å². The van der Waals surface area contributed by atoms with Crippen molar-refractivity contribution in [1.82, 2.24) is 9.78 Å². The molecule has 1 aromatic heterocycles. The van der Waals surface area contributed by atoms with Crippen LogP contribution in [0.3, 0.4) is 0 Å². The van der Waals surface area contributed by atoms with Gasteiger partial charge in [0.1, 0.15) is 5.82 Å². The Morgan fingerprint density at radius 2 is 2.05 bits per heavy atom. The van der Waals surface area contributed by atoms with Crippen LogP contribution in [-0.2, 0) is 11.3 Å². The quantitative estimate of drug-likeness (QED) is 0.795. The van der Waals surface area contributed by atoms with Gasteiger partial charge < -0.3 is 4.74 Å². The van der Waals surface area contributed by atoms with E-state index in [1.54, 1.807) is 29.8 Å². The first-order valence-corrected chi connectivity index (χ1v) is 6.06. The predicted molar refractivity (Wildman–Crippen MR) is 68.4 cm³/mol. The van der Waals surface area contributed by atoms with Crippen molar-refractivity contribution in [2.24, 2.45) is 0 Å². The monoisotopic (exact) mass is 262 g/mol. The Balaban J connectivity index is 2.17. The Labute approximate surface area is 110 Å². The van der Waals surface area contributed by atoms with Crippen molar-refractivity contribution < 1.29 is 13.9 Å². The third-order valence-corrected chi connectivity index (χ3v) is 2.71. The van der Waals surface area contributed by atoms with Gasteiger partial charge in [-0.3, -0.25) is 4.68 Å². The molecule has 0 bridgehead atoms. The topological polar surface area (TPSA) is 44.1 Å². The van der Waals surface area contributed by atoms with Crippen LogP contribution in [-0.4, -0.2) is 22.4 Å². The lowest BCUT2D eigenvalue weighted by Crippen LogP contribution is -2.08. The van der Waals surface area contributed by atoms with Crippen LogP contribution >= 0.6 is 0 Å². The van der Waals surface area contributed by atoms with E-state index in [9.17, 15) is 9.18 Å². The molecule has 1 heterocycles. The Morgan fingerprint density at radius 3 is 2.68 bits per heavy atom. The summed E-state index contributed by atoms with van der Waals surface area (Å²) < 4.78 is 19.4. The van der Waals surface area contributed by atoms with E-state index in [1.165, 1.54) is 12.1 Å². The normalized spacial score (nSPS) is 10.5. The molecule has 0 aliphatic carbocycles. The highest BCUT2D eigenvalue weighted by Crippen LogP contribution is 2.09. The maximum atomic E-state index is 12.8. The lowest BCUT2D eigenvalue weighted by molar-refractivity contribution is 0.0518. The molecular formula is C14H15FN2O2. The van der Waals surface area contributed by atoms with Gasteiger partial charge in [-0.05, 0) is 37.6 Å². The average Bonchev–Trinajstić information content (AvgIpc) is 2.74. The van der Waals surface area contributed by atoms with Gasteiger partial charge in [-0.25, -0.2) is 9.18 Å². The number of carbonyl (C=O) groups is 1. The third kappa shape index (κ3) is 3.19. The van der Waals surface area contributed by atoms with Crippen LogP contribution in [0.5, 0.6) is 0 Å². The van der Waals surface area contributed by atoms with Crippen LogP contribution in [0.15, 0.2) is 30.3 Å². The van der Waals surface area contributed by atoms with Gasteiger partial charge in [0.15, 0.2) is 5.69 Å². The number of halogens is 1. The molecule has 2 rings (SSSR count). The van der Waals surface area contributed by atoms with Gasteiger partial charge >= 0.3 is 5.97 Å². The largest absolute Gasteiger partial charge is 0.461 e. The van der Waals surface area contributed by atoms with E-state index in [4.69, 9.17) is 4.74 Å². The number of ether oxygens (including phenoxy) is 1. The van der Waals surface area contributed by atoms with Crippen LogP contribution < -0.4 is 0 Å². The number of hydrogen-bond acceptors (Lipinski definition) is 3. The molecule has 4 nitrogen and oxygen atoms in total. The minimum absolute atomic E-state index is 0.270.